The fourth-order valence-corrected chi connectivity index (χ4v) is 1.38. The van der Waals surface area contributed by atoms with Crippen LogP contribution in [0.25, 0.3) is 0 Å². The van der Waals surface area contributed by atoms with E-state index in [1.807, 2.05) is 12.1 Å². The number of rotatable bonds is 2. The average molecular weight is 222 g/mol. The third kappa shape index (κ3) is 2.11. The van der Waals surface area contributed by atoms with Crippen molar-refractivity contribution in [3.05, 3.63) is 47.7 Å². The molecule has 0 bridgehead atoms. The number of nitriles is 2. The first-order valence-electron chi connectivity index (χ1n) is 4.90. The molecule has 0 aliphatic heterocycles. The van der Waals surface area contributed by atoms with E-state index in [9.17, 15) is 0 Å². The summed E-state index contributed by atoms with van der Waals surface area (Å²) in [5.74, 6) is 0.943. The van der Waals surface area contributed by atoms with Crippen molar-refractivity contribution in [2.45, 2.75) is 0 Å². The highest BCUT2D eigenvalue weighted by Crippen LogP contribution is 2.25. The van der Waals surface area contributed by atoms with E-state index in [4.69, 9.17) is 15.3 Å². The maximum atomic E-state index is 8.95. The zero-order valence-corrected chi connectivity index (χ0v) is 9.14. The molecule has 0 unspecified atom stereocenters. The van der Waals surface area contributed by atoms with Crippen molar-refractivity contribution in [3.63, 3.8) is 0 Å². The summed E-state index contributed by atoms with van der Waals surface area (Å²) in [6, 6.07) is 12.2. The Labute approximate surface area is 98.9 Å². The molecule has 0 amide bonds. The molecule has 81 valence electrons. The van der Waals surface area contributed by atoms with Crippen LogP contribution in [0.4, 0.5) is 0 Å². The molecule has 17 heavy (non-hydrogen) atoms. The topological polar surface area (TPSA) is 61.7 Å². The fraction of sp³-hybridized carbons (Fsp3) is 0.0769. The Morgan fingerprint density at radius 3 is 2.65 bits per heavy atom. The zero-order valence-electron chi connectivity index (χ0n) is 9.14. The fourth-order valence-electron chi connectivity index (χ4n) is 1.38. The molecule has 0 saturated heterocycles. The van der Waals surface area contributed by atoms with Gasteiger partial charge in [0.2, 0.25) is 0 Å². The minimum Gasteiger partial charge on any atom is -0.439 e. The van der Waals surface area contributed by atoms with Crippen molar-refractivity contribution in [2.24, 2.45) is 7.05 Å². The van der Waals surface area contributed by atoms with Crippen LogP contribution in [0.2, 0.25) is 0 Å². The largest absolute Gasteiger partial charge is 0.439 e. The van der Waals surface area contributed by atoms with Crippen LogP contribution >= 0.6 is 0 Å². The van der Waals surface area contributed by atoms with Gasteiger partial charge in [0.1, 0.15) is 11.8 Å². The van der Waals surface area contributed by atoms with Crippen molar-refractivity contribution in [2.75, 3.05) is 0 Å². The van der Waals surface area contributed by atoms with E-state index in [-0.39, 0.29) is 0 Å². The molecule has 0 aliphatic rings. The van der Waals surface area contributed by atoms with Crippen molar-refractivity contribution in [1.29, 1.82) is 10.5 Å². The second kappa shape index (κ2) is 4.42. The molecular formula is C13H8N3O. The second-order valence-electron chi connectivity index (χ2n) is 3.40. The molecule has 2 aromatic rings. The molecule has 1 radical (unpaired) electrons. The summed E-state index contributed by atoms with van der Waals surface area (Å²) in [6.07, 6.45) is 2.90. The van der Waals surface area contributed by atoms with Gasteiger partial charge in [-0.05, 0) is 24.3 Å². The third-order valence-corrected chi connectivity index (χ3v) is 2.27. The molecule has 0 fully saturated rings. The molecule has 1 heterocycles. The summed E-state index contributed by atoms with van der Waals surface area (Å²) in [7, 11) is 1.79. The van der Waals surface area contributed by atoms with Crippen molar-refractivity contribution >= 4 is 0 Å². The van der Waals surface area contributed by atoms with E-state index < -0.39 is 0 Å². The van der Waals surface area contributed by atoms with Crippen LogP contribution in [0.15, 0.2) is 30.3 Å². The summed E-state index contributed by atoms with van der Waals surface area (Å²) in [5.41, 5.74) is 0.849. The van der Waals surface area contributed by atoms with Crippen LogP contribution in [0.5, 0.6) is 11.6 Å². The first-order valence-corrected chi connectivity index (χ1v) is 4.90. The third-order valence-electron chi connectivity index (χ3n) is 2.27. The van der Waals surface area contributed by atoms with Gasteiger partial charge in [0, 0.05) is 13.1 Å². The molecule has 0 atom stereocenters. The highest BCUT2D eigenvalue weighted by molar-refractivity contribution is 5.49. The predicted octanol–water partition coefficient (Wildman–Crippen LogP) is 2.36. The van der Waals surface area contributed by atoms with Gasteiger partial charge in [0.15, 0.2) is 5.88 Å². The number of nitrogens with zero attached hydrogens (tertiary/aromatic N) is 3. The molecule has 2 rings (SSSR count). The van der Waals surface area contributed by atoms with Crippen LogP contribution in [-0.4, -0.2) is 4.57 Å². The van der Waals surface area contributed by atoms with Gasteiger partial charge < -0.3 is 9.30 Å². The molecule has 0 saturated carbocycles. The normalized spacial score (nSPS) is 9.35. The highest BCUT2D eigenvalue weighted by atomic mass is 16.5. The van der Waals surface area contributed by atoms with Crippen LogP contribution in [-0.2, 0) is 7.05 Å². The van der Waals surface area contributed by atoms with Gasteiger partial charge in [0.05, 0.1) is 23.4 Å². The highest BCUT2D eigenvalue weighted by Gasteiger charge is 2.07. The van der Waals surface area contributed by atoms with Gasteiger partial charge in [-0.2, -0.15) is 10.5 Å². The lowest BCUT2D eigenvalue weighted by Crippen LogP contribution is -1.94. The van der Waals surface area contributed by atoms with Crippen molar-refractivity contribution in [3.8, 4) is 23.8 Å². The van der Waals surface area contributed by atoms with E-state index in [0.29, 0.717) is 22.8 Å². The van der Waals surface area contributed by atoms with E-state index in [2.05, 4.69) is 6.20 Å². The zero-order chi connectivity index (χ0) is 12.3. The lowest BCUT2D eigenvalue weighted by Gasteiger charge is -2.07. The van der Waals surface area contributed by atoms with Gasteiger partial charge >= 0.3 is 0 Å². The number of aromatic nitrogens is 1. The quantitative estimate of drug-likeness (QED) is 0.783. The first kappa shape index (κ1) is 10.8. The van der Waals surface area contributed by atoms with Crippen LogP contribution in [0.1, 0.15) is 11.1 Å². The summed E-state index contributed by atoms with van der Waals surface area (Å²) >= 11 is 0. The molecule has 4 heteroatoms. The summed E-state index contributed by atoms with van der Waals surface area (Å²) in [6.45, 7) is 0. The summed E-state index contributed by atoms with van der Waals surface area (Å²) in [5, 5.41) is 17.8. The lowest BCUT2D eigenvalue weighted by molar-refractivity contribution is 0.441. The van der Waals surface area contributed by atoms with Crippen LogP contribution in [0, 0.1) is 28.9 Å². The Morgan fingerprint density at radius 1 is 1.24 bits per heavy atom. The molecule has 0 aliphatic carbocycles. The van der Waals surface area contributed by atoms with Crippen LogP contribution < -0.4 is 4.74 Å². The van der Waals surface area contributed by atoms with Gasteiger partial charge in [-0.15, -0.1) is 0 Å². The molecule has 0 spiro atoms. The smallest absolute Gasteiger partial charge is 0.200 e. The van der Waals surface area contributed by atoms with Crippen molar-refractivity contribution in [1.82, 2.24) is 4.57 Å². The van der Waals surface area contributed by atoms with E-state index >= 15 is 0 Å². The van der Waals surface area contributed by atoms with E-state index in [0.717, 1.165) is 0 Å². The van der Waals surface area contributed by atoms with Gasteiger partial charge in [-0.25, -0.2) is 0 Å². The van der Waals surface area contributed by atoms with E-state index in [1.165, 1.54) is 0 Å². The average Bonchev–Trinajstić information content (AvgIpc) is 2.75. The Morgan fingerprint density at radius 2 is 2.06 bits per heavy atom. The molecule has 0 N–H and O–H groups in total. The minimum absolute atomic E-state index is 0.377. The molecule has 1 aromatic carbocycles. The number of hydrogen-bond donors (Lipinski definition) is 0. The number of benzene rings is 1. The number of hydrogen-bond acceptors (Lipinski definition) is 3. The van der Waals surface area contributed by atoms with Gasteiger partial charge in [0.25, 0.3) is 0 Å². The maximum Gasteiger partial charge on any atom is 0.200 e. The minimum atomic E-state index is 0.377. The summed E-state index contributed by atoms with van der Waals surface area (Å²) in [4.78, 5) is 0. The SMILES string of the molecule is Cn1[c]ccc1Oc1cc(C#N)ccc1C#N. The monoisotopic (exact) mass is 222 g/mol. The van der Waals surface area contributed by atoms with Gasteiger partial charge in [-0.1, -0.05) is 0 Å². The summed E-state index contributed by atoms with van der Waals surface area (Å²) < 4.78 is 7.24. The predicted molar refractivity (Wildman–Crippen MR) is 60.2 cm³/mol. The Hall–Kier alpha value is -2.72. The van der Waals surface area contributed by atoms with E-state index in [1.54, 1.807) is 41.9 Å². The molecule has 1 aromatic heterocycles. The van der Waals surface area contributed by atoms with Crippen molar-refractivity contribution < 1.29 is 4.74 Å². The second-order valence-corrected chi connectivity index (χ2v) is 3.40. The first-order chi connectivity index (χ1) is 8.24. The lowest BCUT2D eigenvalue weighted by atomic mass is 10.1. The standard InChI is InChI=1S/C13H8N3O/c1-16-6-2-3-13(16)17-12-7-10(8-14)4-5-11(12)9-15/h2-5,7H,1H3. The Bertz CT molecular complexity index is 629. The molecular weight excluding hydrogens is 214 g/mol. The Balaban J connectivity index is 2.42. The van der Waals surface area contributed by atoms with Crippen LogP contribution in [0.3, 0.4) is 0 Å². The number of aryl methyl sites for hydroxylation is 1. The Kier molecular flexibility index (Phi) is 2.81. The van der Waals surface area contributed by atoms with Gasteiger partial charge in [-0.3, -0.25) is 0 Å². The number of ether oxygens (including phenoxy) is 1. The molecule has 4 nitrogen and oxygen atoms in total. The maximum absolute atomic E-state index is 8.95.